The molecule has 0 unspecified atom stereocenters. The Morgan fingerprint density at radius 3 is 2.00 bits per heavy atom. The van der Waals surface area contributed by atoms with Crippen molar-refractivity contribution in [2.75, 3.05) is 13.2 Å². The third kappa shape index (κ3) is 7.75. The van der Waals surface area contributed by atoms with Crippen LogP contribution in [0.3, 0.4) is 0 Å². The molecule has 180 valence electrons. The molecule has 0 atom stereocenters. The zero-order valence-corrected chi connectivity index (χ0v) is 22.0. The molecule has 0 spiro atoms. The molecule has 1 aliphatic carbocycles. The van der Waals surface area contributed by atoms with Crippen molar-refractivity contribution in [2.45, 2.75) is 97.2 Å². The van der Waals surface area contributed by atoms with E-state index in [0.29, 0.717) is 6.42 Å². The van der Waals surface area contributed by atoms with Crippen LogP contribution in [0.25, 0.3) is 0 Å². The molecule has 0 radical (unpaired) electrons. The van der Waals surface area contributed by atoms with Gasteiger partial charge in [0.1, 0.15) is 0 Å². The van der Waals surface area contributed by atoms with E-state index in [9.17, 15) is 9.59 Å². The van der Waals surface area contributed by atoms with E-state index in [0.717, 1.165) is 24.3 Å². The van der Waals surface area contributed by atoms with Gasteiger partial charge in [0.05, 0.1) is 21.3 Å². The minimum Gasteiger partial charge on any atom is -0.465 e. The van der Waals surface area contributed by atoms with Crippen molar-refractivity contribution < 1.29 is 19.1 Å². The van der Waals surface area contributed by atoms with Crippen LogP contribution in [0.1, 0.15) is 83.6 Å². The van der Waals surface area contributed by atoms with Crippen molar-refractivity contribution in [2.24, 2.45) is 11.8 Å². The molecule has 0 bridgehead atoms. The van der Waals surface area contributed by atoms with Gasteiger partial charge in [0.2, 0.25) is 0 Å². The number of rotatable bonds is 12. The summed E-state index contributed by atoms with van der Waals surface area (Å²) in [4.78, 5) is 24.4. The standard InChI is InChI=1S/C27H44O4Si/c1-6-10-21-12-14-22(15-13-21)23-16-18-24(19-17-23)32(4,5)20-9-11-25(26(28)30-7-2)27(29)31-8-3/h16-19,21-22,25H,6-15,20H2,1-5H3. The SMILES string of the molecule is CCCC1CCC(c2ccc([Si](C)(C)CCCC(C(=O)OCC)C(=O)OCC)cc2)CC1. The van der Waals surface area contributed by atoms with Gasteiger partial charge in [-0.15, -0.1) is 0 Å². The van der Waals surface area contributed by atoms with Gasteiger partial charge < -0.3 is 9.47 Å². The molecule has 1 aliphatic rings. The predicted octanol–water partition coefficient (Wildman–Crippen LogP) is 6.20. The Hall–Kier alpha value is -1.62. The Kier molecular flexibility index (Phi) is 11.0. The first-order valence-corrected chi connectivity index (χ1v) is 16.0. The molecule has 2 rings (SSSR count). The van der Waals surface area contributed by atoms with Gasteiger partial charge in [-0.25, -0.2) is 0 Å². The molecule has 0 heterocycles. The summed E-state index contributed by atoms with van der Waals surface area (Å²) >= 11 is 0. The summed E-state index contributed by atoms with van der Waals surface area (Å²) in [5.74, 6) is -0.0523. The molecule has 5 heteroatoms. The fourth-order valence-corrected chi connectivity index (χ4v) is 7.55. The zero-order chi connectivity index (χ0) is 23.6. The topological polar surface area (TPSA) is 52.6 Å². The van der Waals surface area contributed by atoms with Gasteiger partial charge in [-0.05, 0) is 63.4 Å². The maximum Gasteiger partial charge on any atom is 0.320 e. The molecule has 1 aromatic rings. The lowest BCUT2D eigenvalue weighted by Gasteiger charge is -2.29. The van der Waals surface area contributed by atoms with Gasteiger partial charge in [0, 0.05) is 0 Å². The quantitative estimate of drug-likeness (QED) is 0.212. The van der Waals surface area contributed by atoms with Crippen LogP contribution in [0.2, 0.25) is 19.1 Å². The highest BCUT2D eigenvalue weighted by molar-refractivity contribution is 6.89. The lowest BCUT2D eigenvalue weighted by atomic mass is 9.77. The number of benzene rings is 1. The highest BCUT2D eigenvalue weighted by Gasteiger charge is 2.31. The number of carbonyl (C=O) groups is 2. The smallest absolute Gasteiger partial charge is 0.320 e. The van der Waals surface area contributed by atoms with Gasteiger partial charge in [0.15, 0.2) is 5.92 Å². The van der Waals surface area contributed by atoms with E-state index >= 15 is 0 Å². The van der Waals surface area contributed by atoms with E-state index < -0.39 is 25.9 Å². The first-order valence-electron chi connectivity index (χ1n) is 12.8. The van der Waals surface area contributed by atoms with Crippen LogP contribution in [-0.2, 0) is 19.1 Å². The zero-order valence-electron chi connectivity index (χ0n) is 21.0. The van der Waals surface area contributed by atoms with E-state index in [4.69, 9.17) is 9.47 Å². The molecule has 32 heavy (non-hydrogen) atoms. The third-order valence-electron chi connectivity index (χ3n) is 7.14. The molecule has 4 nitrogen and oxygen atoms in total. The largest absolute Gasteiger partial charge is 0.465 e. The van der Waals surface area contributed by atoms with Crippen molar-refractivity contribution in [1.29, 1.82) is 0 Å². The average molecular weight is 461 g/mol. The molecule has 1 saturated carbocycles. The van der Waals surface area contributed by atoms with Gasteiger partial charge in [0.25, 0.3) is 0 Å². The second kappa shape index (κ2) is 13.2. The average Bonchev–Trinajstić information content (AvgIpc) is 2.78. The number of hydrogen-bond acceptors (Lipinski definition) is 4. The molecular weight excluding hydrogens is 416 g/mol. The summed E-state index contributed by atoms with van der Waals surface area (Å²) in [7, 11) is -1.65. The fraction of sp³-hybridized carbons (Fsp3) is 0.704. The Bertz CT molecular complexity index is 687. The number of carbonyl (C=O) groups excluding carboxylic acids is 2. The van der Waals surface area contributed by atoms with E-state index in [2.05, 4.69) is 44.3 Å². The number of esters is 2. The van der Waals surface area contributed by atoms with Crippen LogP contribution in [0, 0.1) is 11.8 Å². The molecule has 1 aromatic carbocycles. The van der Waals surface area contributed by atoms with Crippen LogP contribution in [0.4, 0.5) is 0 Å². The van der Waals surface area contributed by atoms with Crippen molar-refractivity contribution in [3.8, 4) is 0 Å². The van der Waals surface area contributed by atoms with Crippen LogP contribution in [0.5, 0.6) is 0 Å². The fourth-order valence-electron chi connectivity index (χ4n) is 5.11. The molecule has 0 amide bonds. The van der Waals surface area contributed by atoms with Crippen LogP contribution < -0.4 is 5.19 Å². The Morgan fingerprint density at radius 2 is 1.50 bits per heavy atom. The Labute approximate surface area is 196 Å². The summed E-state index contributed by atoms with van der Waals surface area (Å²) < 4.78 is 10.2. The molecule has 0 aliphatic heterocycles. The second-order valence-corrected chi connectivity index (χ2v) is 14.8. The normalized spacial score (nSPS) is 19.1. The minimum atomic E-state index is -1.65. The van der Waals surface area contributed by atoms with Crippen LogP contribution in [-0.4, -0.2) is 33.2 Å². The molecule has 0 saturated heterocycles. The third-order valence-corrected chi connectivity index (χ3v) is 10.6. The molecule has 1 fully saturated rings. The van der Waals surface area contributed by atoms with Crippen molar-refractivity contribution in [3.05, 3.63) is 29.8 Å². The van der Waals surface area contributed by atoms with Crippen LogP contribution >= 0.6 is 0 Å². The summed E-state index contributed by atoms with van der Waals surface area (Å²) in [6, 6.07) is 10.4. The van der Waals surface area contributed by atoms with Crippen molar-refractivity contribution in [3.63, 3.8) is 0 Å². The van der Waals surface area contributed by atoms with Gasteiger partial charge in [-0.2, -0.15) is 0 Å². The second-order valence-electron chi connectivity index (χ2n) is 9.96. The Morgan fingerprint density at radius 1 is 0.938 bits per heavy atom. The van der Waals surface area contributed by atoms with Gasteiger partial charge in [-0.1, -0.05) is 74.8 Å². The van der Waals surface area contributed by atoms with E-state index in [1.165, 1.54) is 49.3 Å². The highest BCUT2D eigenvalue weighted by atomic mass is 28.3. The molecule has 0 aromatic heterocycles. The summed E-state index contributed by atoms with van der Waals surface area (Å²) in [6.45, 7) is 11.1. The van der Waals surface area contributed by atoms with Crippen molar-refractivity contribution in [1.82, 2.24) is 0 Å². The first-order chi connectivity index (χ1) is 15.3. The lowest BCUT2D eigenvalue weighted by molar-refractivity contribution is -0.161. The van der Waals surface area contributed by atoms with E-state index in [1.807, 2.05) is 0 Å². The summed E-state index contributed by atoms with van der Waals surface area (Å²) in [5.41, 5.74) is 1.50. The number of hydrogen-bond donors (Lipinski definition) is 0. The van der Waals surface area contributed by atoms with Gasteiger partial charge >= 0.3 is 11.9 Å². The maximum atomic E-state index is 12.2. The number of ether oxygens (including phenoxy) is 2. The Balaban J connectivity index is 1.92. The lowest BCUT2D eigenvalue weighted by Crippen LogP contribution is -2.41. The van der Waals surface area contributed by atoms with E-state index in [1.54, 1.807) is 13.8 Å². The van der Waals surface area contributed by atoms with Crippen LogP contribution in [0.15, 0.2) is 24.3 Å². The van der Waals surface area contributed by atoms with Crippen molar-refractivity contribution >= 4 is 25.2 Å². The molecule has 0 N–H and O–H groups in total. The maximum absolute atomic E-state index is 12.2. The predicted molar refractivity (Wildman–Crippen MR) is 134 cm³/mol. The molecular formula is C27H44O4Si. The highest BCUT2D eigenvalue weighted by Crippen LogP contribution is 2.37. The van der Waals surface area contributed by atoms with E-state index in [-0.39, 0.29) is 13.2 Å². The first kappa shape index (κ1) is 26.6. The minimum absolute atomic E-state index is 0.279. The monoisotopic (exact) mass is 460 g/mol. The summed E-state index contributed by atoms with van der Waals surface area (Å²) in [6.07, 6.45) is 9.42. The summed E-state index contributed by atoms with van der Waals surface area (Å²) in [5, 5.41) is 1.45. The van der Waals surface area contributed by atoms with Gasteiger partial charge in [-0.3, -0.25) is 9.59 Å².